The number of carbonyl (C=O) groups excluding carboxylic acids is 1. The molecule has 1 aromatic rings. The van der Waals surface area contributed by atoms with Gasteiger partial charge in [0.2, 0.25) is 0 Å². The number of halogens is 1. The standard InChI is InChI=1S/C10H12FN3O/c11-7-2-1-3-8(7)14-10(15)9-4-5-12-6-13-9/h4-8H,1-3H2,(H,14,15). The first-order chi connectivity index (χ1) is 7.27. The molecule has 0 spiro atoms. The molecule has 5 heteroatoms. The number of carbonyl (C=O) groups is 1. The molecule has 1 N–H and O–H groups in total. The Morgan fingerprint density at radius 2 is 2.40 bits per heavy atom. The summed E-state index contributed by atoms with van der Waals surface area (Å²) in [6.07, 6.45) is 3.94. The third-order valence-electron chi connectivity index (χ3n) is 2.56. The topological polar surface area (TPSA) is 54.9 Å². The summed E-state index contributed by atoms with van der Waals surface area (Å²) in [6.45, 7) is 0. The molecular weight excluding hydrogens is 197 g/mol. The summed E-state index contributed by atoms with van der Waals surface area (Å²) in [7, 11) is 0. The molecular formula is C10H12FN3O. The van der Waals surface area contributed by atoms with Crippen molar-refractivity contribution in [1.82, 2.24) is 15.3 Å². The molecule has 0 radical (unpaired) electrons. The Labute approximate surface area is 86.9 Å². The number of nitrogens with zero attached hydrogens (tertiary/aromatic N) is 2. The Balaban J connectivity index is 1.98. The minimum Gasteiger partial charge on any atom is -0.345 e. The second-order valence-corrected chi connectivity index (χ2v) is 3.62. The van der Waals surface area contributed by atoms with Crippen LogP contribution in [0.2, 0.25) is 0 Å². The van der Waals surface area contributed by atoms with E-state index in [1.165, 1.54) is 18.6 Å². The Morgan fingerprint density at radius 3 is 3.00 bits per heavy atom. The fourth-order valence-corrected chi connectivity index (χ4v) is 1.74. The highest BCUT2D eigenvalue weighted by Gasteiger charge is 2.28. The van der Waals surface area contributed by atoms with Crippen LogP contribution in [0.1, 0.15) is 29.8 Å². The first kappa shape index (κ1) is 10.0. The molecule has 1 aliphatic rings. The van der Waals surface area contributed by atoms with Gasteiger partial charge in [-0.2, -0.15) is 0 Å². The molecule has 0 aromatic carbocycles. The predicted molar refractivity (Wildman–Crippen MR) is 52.0 cm³/mol. The Bertz CT molecular complexity index is 344. The maximum atomic E-state index is 13.2. The Morgan fingerprint density at radius 1 is 1.53 bits per heavy atom. The van der Waals surface area contributed by atoms with Crippen molar-refractivity contribution in [2.75, 3.05) is 0 Å². The molecule has 2 unspecified atom stereocenters. The van der Waals surface area contributed by atoms with Gasteiger partial charge in [-0.1, -0.05) is 0 Å². The molecule has 1 saturated carbocycles. The second-order valence-electron chi connectivity index (χ2n) is 3.62. The van der Waals surface area contributed by atoms with Crippen LogP contribution in [0.4, 0.5) is 4.39 Å². The SMILES string of the molecule is O=C(NC1CCCC1F)c1ccncn1. The lowest BCUT2D eigenvalue weighted by Gasteiger charge is -2.14. The maximum Gasteiger partial charge on any atom is 0.270 e. The van der Waals surface area contributed by atoms with Crippen LogP contribution in [0.25, 0.3) is 0 Å². The van der Waals surface area contributed by atoms with E-state index in [-0.39, 0.29) is 17.6 Å². The predicted octanol–water partition coefficient (Wildman–Crippen LogP) is 1.10. The van der Waals surface area contributed by atoms with Crippen LogP contribution in [-0.4, -0.2) is 28.1 Å². The van der Waals surface area contributed by atoms with E-state index in [1.807, 2.05) is 0 Å². The van der Waals surface area contributed by atoms with E-state index < -0.39 is 6.17 Å². The maximum absolute atomic E-state index is 13.2. The number of rotatable bonds is 2. The highest BCUT2D eigenvalue weighted by atomic mass is 19.1. The normalized spacial score (nSPS) is 25.1. The van der Waals surface area contributed by atoms with Crippen LogP contribution in [0, 0.1) is 0 Å². The zero-order valence-corrected chi connectivity index (χ0v) is 8.19. The number of hydrogen-bond acceptors (Lipinski definition) is 3. The van der Waals surface area contributed by atoms with Crippen molar-refractivity contribution in [2.45, 2.75) is 31.5 Å². The van der Waals surface area contributed by atoms with Crippen LogP contribution in [0.15, 0.2) is 18.6 Å². The fraction of sp³-hybridized carbons (Fsp3) is 0.500. The number of hydrogen-bond donors (Lipinski definition) is 1. The molecule has 1 amide bonds. The fourth-order valence-electron chi connectivity index (χ4n) is 1.74. The van der Waals surface area contributed by atoms with Gasteiger partial charge in [0.1, 0.15) is 18.2 Å². The quantitative estimate of drug-likeness (QED) is 0.793. The van der Waals surface area contributed by atoms with Gasteiger partial charge in [-0.3, -0.25) is 4.79 Å². The van der Waals surface area contributed by atoms with Gasteiger partial charge in [0.25, 0.3) is 5.91 Å². The van der Waals surface area contributed by atoms with Crippen LogP contribution < -0.4 is 5.32 Å². The average molecular weight is 209 g/mol. The van der Waals surface area contributed by atoms with Gasteiger partial charge < -0.3 is 5.32 Å². The minimum atomic E-state index is -0.921. The summed E-state index contributed by atoms with van der Waals surface area (Å²) in [5.41, 5.74) is 0.282. The number of alkyl halides is 1. The van der Waals surface area contributed by atoms with E-state index >= 15 is 0 Å². The largest absolute Gasteiger partial charge is 0.345 e. The van der Waals surface area contributed by atoms with Gasteiger partial charge in [0, 0.05) is 6.20 Å². The van der Waals surface area contributed by atoms with Gasteiger partial charge in [-0.15, -0.1) is 0 Å². The average Bonchev–Trinajstić information content (AvgIpc) is 2.66. The molecule has 1 aromatic heterocycles. The van der Waals surface area contributed by atoms with Crippen molar-refractivity contribution >= 4 is 5.91 Å². The van der Waals surface area contributed by atoms with Gasteiger partial charge in [0.05, 0.1) is 6.04 Å². The smallest absolute Gasteiger partial charge is 0.270 e. The number of nitrogens with one attached hydrogen (secondary N) is 1. The zero-order chi connectivity index (χ0) is 10.7. The third-order valence-corrected chi connectivity index (χ3v) is 2.56. The van der Waals surface area contributed by atoms with Crippen LogP contribution in [-0.2, 0) is 0 Å². The van der Waals surface area contributed by atoms with Crippen molar-refractivity contribution in [1.29, 1.82) is 0 Å². The van der Waals surface area contributed by atoms with Crippen LogP contribution >= 0.6 is 0 Å². The molecule has 4 nitrogen and oxygen atoms in total. The Kier molecular flexibility index (Phi) is 2.89. The second kappa shape index (κ2) is 4.33. The van der Waals surface area contributed by atoms with Crippen LogP contribution in [0.5, 0.6) is 0 Å². The molecule has 15 heavy (non-hydrogen) atoms. The van der Waals surface area contributed by atoms with E-state index in [4.69, 9.17) is 0 Å². The minimum absolute atomic E-state index is 0.282. The van der Waals surface area contributed by atoms with Crippen molar-refractivity contribution in [3.8, 4) is 0 Å². The highest BCUT2D eigenvalue weighted by molar-refractivity contribution is 5.92. The van der Waals surface area contributed by atoms with Gasteiger partial charge >= 0.3 is 0 Å². The molecule has 1 heterocycles. The van der Waals surface area contributed by atoms with Gasteiger partial charge in [0.15, 0.2) is 0 Å². The van der Waals surface area contributed by atoms with Crippen molar-refractivity contribution in [2.24, 2.45) is 0 Å². The van der Waals surface area contributed by atoms with E-state index in [1.54, 1.807) is 0 Å². The number of aromatic nitrogens is 2. The van der Waals surface area contributed by atoms with Crippen molar-refractivity contribution < 1.29 is 9.18 Å². The molecule has 2 atom stereocenters. The third kappa shape index (κ3) is 2.29. The first-order valence-electron chi connectivity index (χ1n) is 4.98. The molecule has 1 fully saturated rings. The summed E-state index contributed by atoms with van der Waals surface area (Å²) in [4.78, 5) is 19.1. The molecule has 2 rings (SSSR count). The van der Waals surface area contributed by atoms with Crippen molar-refractivity contribution in [3.05, 3.63) is 24.3 Å². The van der Waals surface area contributed by atoms with Gasteiger partial charge in [-0.05, 0) is 25.3 Å². The highest BCUT2D eigenvalue weighted by Crippen LogP contribution is 2.21. The molecule has 1 aliphatic carbocycles. The Hall–Kier alpha value is -1.52. The molecule has 0 aliphatic heterocycles. The summed E-state index contributed by atoms with van der Waals surface area (Å²) in [5, 5.41) is 2.64. The van der Waals surface area contributed by atoms with E-state index in [9.17, 15) is 9.18 Å². The lowest BCUT2D eigenvalue weighted by Crippen LogP contribution is -2.38. The molecule has 80 valence electrons. The summed E-state index contributed by atoms with van der Waals surface area (Å²) >= 11 is 0. The summed E-state index contributed by atoms with van der Waals surface area (Å²) in [6, 6.07) is 1.16. The lowest BCUT2D eigenvalue weighted by molar-refractivity contribution is 0.0914. The lowest BCUT2D eigenvalue weighted by atomic mass is 10.2. The van der Waals surface area contributed by atoms with Crippen molar-refractivity contribution in [3.63, 3.8) is 0 Å². The van der Waals surface area contributed by atoms with Gasteiger partial charge in [-0.25, -0.2) is 14.4 Å². The van der Waals surface area contributed by atoms with Crippen LogP contribution in [0.3, 0.4) is 0 Å². The molecule has 0 saturated heterocycles. The monoisotopic (exact) mass is 209 g/mol. The number of amides is 1. The van der Waals surface area contributed by atoms with E-state index in [0.717, 1.165) is 6.42 Å². The van der Waals surface area contributed by atoms with E-state index in [0.29, 0.717) is 12.8 Å². The summed E-state index contributed by atoms with van der Waals surface area (Å²) < 4.78 is 13.2. The van der Waals surface area contributed by atoms with E-state index in [2.05, 4.69) is 15.3 Å². The first-order valence-corrected chi connectivity index (χ1v) is 4.98. The molecule has 0 bridgehead atoms. The summed E-state index contributed by atoms with van der Waals surface area (Å²) in [5.74, 6) is -0.327. The zero-order valence-electron chi connectivity index (χ0n) is 8.19.